The number of hydrogen-bond acceptors (Lipinski definition) is 8. The minimum atomic E-state index is -1.56. The van der Waals surface area contributed by atoms with Crippen LogP contribution in [0.2, 0.25) is 0 Å². The quantitative estimate of drug-likeness (QED) is 0.380. The molecule has 0 unspecified atom stereocenters. The average Bonchev–Trinajstić information content (AvgIpc) is 2.89. The molecule has 1 aliphatic rings. The van der Waals surface area contributed by atoms with Crippen molar-refractivity contribution in [1.82, 2.24) is 19.5 Å². The predicted octanol–water partition coefficient (Wildman–Crippen LogP) is -1.70. The molecule has 3 heterocycles. The Morgan fingerprint density at radius 1 is 1.19 bits per heavy atom. The number of ether oxygens (including phenoxy) is 1. The van der Waals surface area contributed by atoms with Crippen LogP contribution in [0.4, 0.5) is 14.6 Å². The second-order valence-corrected chi connectivity index (χ2v) is 4.53. The second-order valence-electron chi connectivity index (χ2n) is 4.53. The molecule has 1 saturated heterocycles. The smallest absolute Gasteiger partial charge is 0.312 e. The molecular formula is C10H11F2N5O4. The lowest BCUT2D eigenvalue weighted by Gasteiger charge is -2.16. The largest absolute Gasteiger partial charge is 0.394 e. The summed E-state index contributed by atoms with van der Waals surface area (Å²) in [4.78, 5) is 10.0. The van der Waals surface area contributed by atoms with E-state index in [9.17, 15) is 19.0 Å². The Bertz CT molecular complexity index is 696. The van der Waals surface area contributed by atoms with Crippen LogP contribution in [-0.4, -0.2) is 59.8 Å². The minimum absolute atomic E-state index is 0.202. The molecule has 0 bridgehead atoms. The van der Waals surface area contributed by atoms with Crippen molar-refractivity contribution < 1.29 is 28.8 Å². The third kappa shape index (κ3) is 2.01. The number of anilines is 1. The van der Waals surface area contributed by atoms with Crippen LogP contribution in [0.15, 0.2) is 0 Å². The second kappa shape index (κ2) is 4.80. The third-order valence-corrected chi connectivity index (χ3v) is 3.27. The Morgan fingerprint density at radius 2 is 1.90 bits per heavy atom. The monoisotopic (exact) mass is 303 g/mol. The summed E-state index contributed by atoms with van der Waals surface area (Å²) in [5.74, 6) is -0.373. The minimum Gasteiger partial charge on any atom is -0.394 e. The van der Waals surface area contributed by atoms with E-state index < -0.39 is 43.3 Å². The van der Waals surface area contributed by atoms with Gasteiger partial charge in [-0.15, -0.1) is 0 Å². The normalized spacial score (nSPS) is 29.4. The van der Waals surface area contributed by atoms with Crippen molar-refractivity contribution in [3.63, 3.8) is 0 Å². The zero-order valence-electron chi connectivity index (χ0n) is 10.4. The molecule has 0 aromatic carbocycles. The Hall–Kier alpha value is -1.95. The maximum Gasteiger partial charge on any atom is 0.312 e. The van der Waals surface area contributed by atoms with Gasteiger partial charge in [-0.05, 0) is 0 Å². The number of nitrogens with zero attached hydrogens (tertiary/aromatic N) is 4. The first-order chi connectivity index (χ1) is 9.93. The fourth-order valence-corrected chi connectivity index (χ4v) is 2.26. The molecule has 0 aliphatic carbocycles. The molecule has 0 saturated carbocycles. The number of aliphatic hydroxyl groups excluding tert-OH is 3. The molecule has 9 nitrogen and oxygen atoms in total. The zero-order valence-corrected chi connectivity index (χ0v) is 10.4. The SMILES string of the molecule is Nc1nc(F)nc2c1nc(F)n2[C@@H]1O[C@H](CO)[C@@H](O)[C@H]1O. The van der Waals surface area contributed by atoms with E-state index >= 15 is 0 Å². The Balaban J connectivity index is 2.15. The number of hydrogen-bond donors (Lipinski definition) is 4. The van der Waals surface area contributed by atoms with Crippen molar-refractivity contribution in [2.24, 2.45) is 0 Å². The molecule has 0 amide bonds. The van der Waals surface area contributed by atoms with Crippen LogP contribution in [-0.2, 0) is 4.74 Å². The molecule has 11 heteroatoms. The lowest BCUT2D eigenvalue weighted by molar-refractivity contribution is -0.0558. The van der Waals surface area contributed by atoms with E-state index in [0.29, 0.717) is 4.57 Å². The zero-order chi connectivity index (χ0) is 15.3. The maximum absolute atomic E-state index is 14.0. The number of fused-ring (bicyclic) bond motifs is 1. The summed E-state index contributed by atoms with van der Waals surface area (Å²) < 4.78 is 33.0. The molecule has 0 radical (unpaired) electrons. The van der Waals surface area contributed by atoms with E-state index in [2.05, 4.69) is 15.0 Å². The molecule has 5 N–H and O–H groups in total. The van der Waals surface area contributed by atoms with Crippen LogP contribution in [0.25, 0.3) is 11.2 Å². The summed E-state index contributed by atoms with van der Waals surface area (Å²) in [6.07, 6.45) is -7.91. The van der Waals surface area contributed by atoms with Crippen molar-refractivity contribution in [2.75, 3.05) is 12.3 Å². The first kappa shape index (κ1) is 14.0. The first-order valence-electron chi connectivity index (χ1n) is 5.93. The molecule has 4 atom stereocenters. The molecule has 21 heavy (non-hydrogen) atoms. The first-order valence-corrected chi connectivity index (χ1v) is 5.93. The molecule has 3 rings (SSSR count). The van der Waals surface area contributed by atoms with Gasteiger partial charge in [0.15, 0.2) is 23.2 Å². The number of aliphatic hydroxyl groups is 3. The van der Waals surface area contributed by atoms with Crippen LogP contribution in [0.3, 0.4) is 0 Å². The van der Waals surface area contributed by atoms with Crippen LogP contribution in [0.5, 0.6) is 0 Å². The van der Waals surface area contributed by atoms with Gasteiger partial charge >= 0.3 is 6.08 Å². The lowest BCUT2D eigenvalue weighted by Crippen LogP contribution is -2.33. The number of imidazole rings is 1. The summed E-state index contributed by atoms with van der Waals surface area (Å²) >= 11 is 0. The van der Waals surface area contributed by atoms with Crippen LogP contribution in [0, 0.1) is 12.2 Å². The van der Waals surface area contributed by atoms with Crippen LogP contribution >= 0.6 is 0 Å². The molecule has 1 aliphatic heterocycles. The van der Waals surface area contributed by atoms with E-state index in [1.165, 1.54) is 0 Å². The number of nitrogens with two attached hydrogens (primary N) is 1. The van der Waals surface area contributed by atoms with Crippen molar-refractivity contribution in [1.29, 1.82) is 0 Å². The molecule has 1 fully saturated rings. The highest BCUT2D eigenvalue weighted by Gasteiger charge is 2.45. The number of halogens is 2. The van der Waals surface area contributed by atoms with E-state index in [4.69, 9.17) is 15.6 Å². The molecule has 2 aromatic heterocycles. The molecule has 0 spiro atoms. The van der Waals surface area contributed by atoms with Gasteiger partial charge in [-0.2, -0.15) is 23.7 Å². The maximum atomic E-state index is 14.0. The van der Waals surface area contributed by atoms with Gasteiger partial charge in [0, 0.05) is 0 Å². The average molecular weight is 303 g/mol. The van der Waals surface area contributed by atoms with Crippen molar-refractivity contribution >= 4 is 17.0 Å². The Labute approximate surface area is 115 Å². The Morgan fingerprint density at radius 3 is 2.52 bits per heavy atom. The van der Waals surface area contributed by atoms with Gasteiger partial charge in [-0.25, -0.2) is 0 Å². The molecular weight excluding hydrogens is 292 g/mol. The predicted molar refractivity (Wildman–Crippen MR) is 62.7 cm³/mol. The standard InChI is InChI=1S/C10H11F2N5O4/c11-9-15-6(13)3-7(16-9)17(10(12)14-3)8-5(20)4(19)2(1-18)21-8/h2,4-5,8,18-20H,1H2,(H2,13,15,16)/t2-,4-,5-,8-/m1/s1. The lowest BCUT2D eigenvalue weighted by atomic mass is 10.1. The van der Waals surface area contributed by atoms with Crippen molar-refractivity contribution in [3.05, 3.63) is 12.2 Å². The van der Waals surface area contributed by atoms with Gasteiger partial charge in [0.25, 0.3) is 6.08 Å². The number of nitrogen functional groups attached to an aromatic ring is 1. The van der Waals surface area contributed by atoms with Gasteiger partial charge in [0.2, 0.25) is 0 Å². The topological polar surface area (TPSA) is 140 Å². The number of rotatable bonds is 2. The van der Waals surface area contributed by atoms with Gasteiger partial charge in [-0.3, -0.25) is 4.57 Å². The highest BCUT2D eigenvalue weighted by atomic mass is 19.1. The number of aromatic nitrogens is 4. The van der Waals surface area contributed by atoms with E-state index in [0.717, 1.165) is 0 Å². The summed E-state index contributed by atoms with van der Waals surface area (Å²) in [5, 5.41) is 28.6. The van der Waals surface area contributed by atoms with Crippen molar-refractivity contribution in [2.45, 2.75) is 24.5 Å². The van der Waals surface area contributed by atoms with E-state index in [1.807, 2.05) is 0 Å². The molecule has 2 aromatic rings. The third-order valence-electron chi connectivity index (χ3n) is 3.27. The highest BCUT2D eigenvalue weighted by Crippen LogP contribution is 2.33. The molecule has 114 valence electrons. The van der Waals surface area contributed by atoms with E-state index in [-0.39, 0.29) is 17.0 Å². The fourth-order valence-electron chi connectivity index (χ4n) is 2.26. The van der Waals surface area contributed by atoms with E-state index in [1.54, 1.807) is 0 Å². The van der Waals surface area contributed by atoms with Gasteiger partial charge in [-0.1, -0.05) is 0 Å². The summed E-state index contributed by atoms with van der Waals surface area (Å²) in [6, 6.07) is 0. The summed E-state index contributed by atoms with van der Waals surface area (Å²) in [6.45, 7) is -0.589. The van der Waals surface area contributed by atoms with Crippen LogP contribution in [0.1, 0.15) is 6.23 Å². The highest BCUT2D eigenvalue weighted by molar-refractivity contribution is 5.81. The van der Waals surface area contributed by atoms with Gasteiger partial charge in [0.05, 0.1) is 6.61 Å². The van der Waals surface area contributed by atoms with Crippen LogP contribution < -0.4 is 5.73 Å². The fraction of sp³-hybridized carbons (Fsp3) is 0.500. The Kier molecular flexibility index (Phi) is 3.20. The van der Waals surface area contributed by atoms with Gasteiger partial charge < -0.3 is 25.8 Å². The van der Waals surface area contributed by atoms with Crippen molar-refractivity contribution in [3.8, 4) is 0 Å². The van der Waals surface area contributed by atoms with Gasteiger partial charge in [0.1, 0.15) is 18.3 Å². The summed E-state index contributed by atoms with van der Waals surface area (Å²) in [5.41, 5.74) is 4.90. The summed E-state index contributed by atoms with van der Waals surface area (Å²) in [7, 11) is 0.